The third kappa shape index (κ3) is 1.35. The molecular formula is C7H5ClN2OS. The zero-order valence-electron chi connectivity index (χ0n) is 6.24. The number of nitrogens with zero attached hydrogens (tertiary/aromatic N) is 2. The zero-order valence-corrected chi connectivity index (χ0v) is 7.82. The predicted molar refractivity (Wildman–Crippen MR) is 47.4 cm³/mol. The van der Waals surface area contributed by atoms with Crippen LogP contribution in [0.1, 0.15) is 5.76 Å². The Labute approximate surface area is 78.0 Å². The Morgan fingerprint density at radius 2 is 2.42 bits per heavy atom. The molecule has 2 aromatic rings. The molecule has 0 amide bonds. The molecule has 0 spiro atoms. The minimum atomic E-state index is 0.496. The summed E-state index contributed by atoms with van der Waals surface area (Å²) in [6.07, 6.45) is 0. The summed E-state index contributed by atoms with van der Waals surface area (Å²) < 4.78 is 4.90. The fraction of sp³-hybridized carbons (Fsp3) is 0.143. The number of thiazole rings is 1. The second-order valence-electron chi connectivity index (χ2n) is 2.30. The third-order valence-electron chi connectivity index (χ3n) is 1.32. The van der Waals surface area contributed by atoms with Crippen LogP contribution in [0.2, 0.25) is 5.15 Å². The summed E-state index contributed by atoms with van der Waals surface area (Å²) in [6, 6.07) is 1.83. The van der Waals surface area contributed by atoms with E-state index in [1.807, 2.05) is 13.0 Å². The van der Waals surface area contributed by atoms with Gasteiger partial charge in [0.1, 0.15) is 21.6 Å². The lowest BCUT2D eigenvalue weighted by Gasteiger charge is -1.81. The summed E-state index contributed by atoms with van der Waals surface area (Å²) in [7, 11) is 0. The first-order valence-corrected chi connectivity index (χ1v) is 4.56. The van der Waals surface area contributed by atoms with Crippen molar-refractivity contribution >= 4 is 22.9 Å². The molecule has 0 radical (unpaired) electrons. The van der Waals surface area contributed by atoms with E-state index < -0.39 is 0 Å². The molecule has 0 saturated carbocycles. The molecule has 0 N–H and O–H groups in total. The topological polar surface area (TPSA) is 38.9 Å². The SMILES string of the molecule is Cc1cc(-c2nc(Cl)cs2)no1. The Morgan fingerprint density at radius 1 is 1.58 bits per heavy atom. The molecule has 0 saturated heterocycles. The molecule has 0 fully saturated rings. The minimum Gasteiger partial charge on any atom is -0.361 e. The van der Waals surface area contributed by atoms with E-state index in [0.717, 1.165) is 16.5 Å². The van der Waals surface area contributed by atoms with Crippen molar-refractivity contribution < 1.29 is 4.52 Å². The van der Waals surface area contributed by atoms with Gasteiger partial charge in [0.15, 0.2) is 0 Å². The van der Waals surface area contributed by atoms with Crippen LogP contribution >= 0.6 is 22.9 Å². The van der Waals surface area contributed by atoms with Gasteiger partial charge in [-0.2, -0.15) is 0 Å². The lowest BCUT2D eigenvalue weighted by Crippen LogP contribution is -1.72. The molecule has 0 aliphatic rings. The summed E-state index contributed by atoms with van der Waals surface area (Å²) in [4.78, 5) is 4.06. The van der Waals surface area contributed by atoms with Gasteiger partial charge < -0.3 is 4.52 Å². The first-order chi connectivity index (χ1) is 5.75. The Bertz CT molecular complexity index is 357. The molecule has 2 aromatic heterocycles. The molecule has 12 heavy (non-hydrogen) atoms. The van der Waals surface area contributed by atoms with Crippen LogP contribution in [-0.2, 0) is 0 Å². The maximum Gasteiger partial charge on any atom is 0.147 e. The highest BCUT2D eigenvalue weighted by Gasteiger charge is 2.07. The highest BCUT2D eigenvalue weighted by molar-refractivity contribution is 7.13. The molecule has 62 valence electrons. The summed E-state index contributed by atoms with van der Waals surface area (Å²) in [5, 5.41) is 6.86. The molecule has 0 aromatic carbocycles. The number of aryl methyl sites for hydroxylation is 1. The molecule has 2 rings (SSSR count). The lowest BCUT2D eigenvalue weighted by atomic mass is 10.4. The number of aromatic nitrogens is 2. The highest BCUT2D eigenvalue weighted by Crippen LogP contribution is 2.24. The van der Waals surface area contributed by atoms with E-state index in [0.29, 0.717) is 5.15 Å². The molecular weight excluding hydrogens is 196 g/mol. The minimum absolute atomic E-state index is 0.496. The Morgan fingerprint density at radius 3 is 2.92 bits per heavy atom. The number of hydrogen-bond acceptors (Lipinski definition) is 4. The van der Waals surface area contributed by atoms with Crippen LogP contribution in [-0.4, -0.2) is 10.1 Å². The monoisotopic (exact) mass is 200 g/mol. The average molecular weight is 201 g/mol. The zero-order chi connectivity index (χ0) is 8.55. The standard InChI is InChI=1S/C7H5ClN2OS/c1-4-2-5(10-11-4)7-9-6(8)3-12-7/h2-3H,1H3. The first-order valence-electron chi connectivity index (χ1n) is 3.30. The van der Waals surface area contributed by atoms with Gasteiger partial charge in [0.2, 0.25) is 0 Å². The fourth-order valence-electron chi connectivity index (χ4n) is 0.839. The quantitative estimate of drug-likeness (QED) is 0.711. The maximum absolute atomic E-state index is 5.66. The van der Waals surface area contributed by atoms with Gasteiger partial charge in [-0.25, -0.2) is 4.98 Å². The van der Waals surface area contributed by atoms with Gasteiger partial charge in [-0.05, 0) is 6.92 Å². The molecule has 0 aliphatic heterocycles. The molecule has 3 nitrogen and oxygen atoms in total. The Hall–Kier alpha value is -0.870. The van der Waals surface area contributed by atoms with Crippen LogP contribution in [0.15, 0.2) is 16.0 Å². The van der Waals surface area contributed by atoms with Crippen molar-refractivity contribution in [3.05, 3.63) is 22.4 Å². The average Bonchev–Trinajstić information content (AvgIpc) is 2.58. The van der Waals surface area contributed by atoms with Crippen LogP contribution in [0, 0.1) is 6.92 Å². The van der Waals surface area contributed by atoms with Crippen molar-refractivity contribution in [1.29, 1.82) is 0 Å². The van der Waals surface area contributed by atoms with E-state index in [4.69, 9.17) is 16.1 Å². The Balaban J connectivity index is 2.43. The molecule has 5 heteroatoms. The van der Waals surface area contributed by atoms with E-state index in [1.54, 1.807) is 5.38 Å². The van der Waals surface area contributed by atoms with Crippen molar-refractivity contribution in [2.75, 3.05) is 0 Å². The van der Waals surface area contributed by atoms with Gasteiger partial charge in [0.25, 0.3) is 0 Å². The van der Waals surface area contributed by atoms with Gasteiger partial charge in [-0.15, -0.1) is 11.3 Å². The second kappa shape index (κ2) is 2.88. The summed E-state index contributed by atoms with van der Waals surface area (Å²) in [5.41, 5.74) is 0.740. The van der Waals surface area contributed by atoms with Crippen molar-refractivity contribution in [3.63, 3.8) is 0 Å². The molecule has 2 heterocycles. The second-order valence-corrected chi connectivity index (χ2v) is 3.54. The molecule has 0 bridgehead atoms. The van der Waals surface area contributed by atoms with Gasteiger partial charge in [-0.1, -0.05) is 16.8 Å². The van der Waals surface area contributed by atoms with Crippen molar-refractivity contribution in [2.24, 2.45) is 0 Å². The van der Waals surface area contributed by atoms with Gasteiger partial charge in [0.05, 0.1) is 0 Å². The van der Waals surface area contributed by atoms with E-state index in [-0.39, 0.29) is 0 Å². The van der Waals surface area contributed by atoms with E-state index >= 15 is 0 Å². The summed E-state index contributed by atoms with van der Waals surface area (Å²) in [5.74, 6) is 0.774. The van der Waals surface area contributed by atoms with E-state index in [1.165, 1.54) is 11.3 Å². The van der Waals surface area contributed by atoms with Crippen LogP contribution in [0.25, 0.3) is 10.7 Å². The lowest BCUT2D eigenvalue weighted by molar-refractivity contribution is 0.399. The normalized spacial score (nSPS) is 10.5. The van der Waals surface area contributed by atoms with E-state index in [9.17, 15) is 0 Å². The molecule has 0 unspecified atom stereocenters. The number of rotatable bonds is 1. The largest absolute Gasteiger partial charge is 0.361 e. The van der Waals surface area contributed by atoms with Crippen LogP contribution in [0.3, 0.4) is 0 Å². The highest BCUT2D eigenvalue weighted by atomic mass is 35.5. The summed E-state index contributed by atoms with van der Waals surface area (Å²) >= 11 is 7.11. The first kappa shape index (κ1) is 7.76. The third-order valence-corrected chi connectivity index (χ3v) is 2.51. The van der Waals surface area contributed by atoms with Gasteiger partial charge >= 0.3 is 0 Å². The van der Waals surface area contributed by atoms with Crippen LogP contribution in [0.5, 0.6) is 0 Å². The predicted octanol–water partition coefficient (Wildman–Crippen LogP) is 2.76. The molecule has 0 aliphatic carbocycles. The smallest absolute Gasteiger partial charge is 0.147 e. The summed E-state index contributed by atoms with van der Waals surface area (Å²) in [6.45, 7) is 1.84. The molecule has 0 atom stereocenters. The van der Waals surface area contributed by atoms with Gasteiger partial charge in [-0.3, -0.25) is 0 Å². The van der Waals surface area contributed by atoms with Crippen molar-refractivity contribution in [1.82, 2.24) is 10.1 Å². The van der Waals surface area contributed by atoms with Crippen LogP contribution in [0.4, 0.5) is 0 Å². The number of halogens is 1. The fourth-order valence-corrected chi connectivity index (χ4v) is 1.74. The number of hydrogen-bond donors (Lipinski definition) is 0. The Kier molecular flexibility index (Phi) is 1.86. The maximum atomic E-state index is 5.66. The van der Waals surface area contributed by atoms with Crippen LogP contribution < -0.4 is 0 Å². The van der Waals surface area contributed by atoms with Gasteiger partial charge in [0, 0.05) is 11.4 Å². The van der Waals surface area contributed by atoms with Crippen molar-refractivity contribution in [3.8, 4) is 10.7 Å². The van der Waals surface area contributed by atoms with E-state index in [2.05, 4.69) is 10.1 Å². The van der Waals surface area contributed by atoms with Crippen molar-refractivity contribution in [2.45, 2.75) is 6.92 Å².